The number of nitrogens with zero attached hydrogens (tertiary/aromatic N) is 6. The lowest BCUT2D eigenvalue weighted by atomic mass is 10.1. The average Bonchev–Trinajstić information content (AvgIpc) is 3.53. The van der Waals surface area contributed by atoms with Gasteiger partial charge in [-0.3, -0.25) is 4.68 Å². The highest BCUT2D eigenvalue weighted by Gasteiger charge is 2.22. The summed E-state index contributed by atoms with van der Waals surface area (Å²) in [5, 5.41) is 8.73. The number of hydrogen-bond donors (Lipinski definition) is 0. The standard InChI is InChI=1S/C22H22N6O2/c1-26-12-18(10-24-26)17-8-20(29-3)21-15(9-25-28(21)13-17)4-5-19-11-23-22(27(19)2)16-6-7-30-14-16/h8-13,16H,6-7,14H2,1-3H3. The Morgan fingerprint density at radius 3 is 2.73 bits per heavy atom. The predicted molar refractivity (Wildman–Crippen MR) is 111 cm³/mol. The second kappa shape index (κ2) is 7.35. The third-order valence-electron chi connectivity index (χ3n) is 5.48. The maximum atomic E-state index is 5.66. The predicted octanol–water partition coefficient (Wildman–Crippen LogP) is 2.38. The van der Waals surface area contributed by atoms with E-state index >= 15 is 0 Å². The topological polar surface area (TPSA) is 71.4 Å². The van der Waals surface area contributed by atoms with E-state index in [2.05, 4.69) is 31.6 Å². The molecule has 4 aromatic rings. The molecule has 8 heteroatoms. The van der Waals surface area contributed by atoms with Gasteiger partial charge in [0.15, 0.2) is 0 Å². The molecule has 5 rings (SSSR count). The summed E-state index contributed by atoms with van der Waals surface area (Å²) in [5.74, 6) is 8.56. The van der Waals surface area contributed by atoms with Crippen molar-refractivity contribution in [2.24, 2.45) is 14.1 Å². The molecule has 0 bridgehead atoms. The summed E-state index contributed by atoms with van der Waals surface area (Å²) in [5.41, 5.74) is 4.48. The Hall–Kier alpha value is -3.57. The molecule has 1 fully saturated rings. The molecule has 0 aromatic carbocycles. The van der Waals surface area contributed by atoms with Gasteiger partial charge in [-0.05, 0) is 18.4 Å². The highest BCUT2D eigenvalue weighted by Crippen LogP contribution is 2.29. The van der Waals surface area contributed by atoms with E-state index in [1.807, 2.05) is 44.9 Å². The molecule has 1 aliphatic heterocycles. The molecule has 152 valence electrons. The number of hydrogen-bond acceptors (Lipinski definition) is 5. The number of imidazole rings is 1. The summed E-state index contributed by atoms with van der Waals surface area (Å²) in [6, 6.07) is 1.99. The van der Waals surface area contributed by atoms with E-state index in [4.69, 9.17) is 9.47 Å². The Morgan fingerprint density at radius 1 is 1.10 bits per heavy atom. The molecule has 1 unspecified atom stereocenters. The summed E-state index contributed by atoms with van der Waals surface area (Å²) in [6.07, 6.45) is 10.3. The molecular formula is C22H22N6O2. The lowest BCUT2D eigenvalue weighted by molar-refractivity contribution is 0.193. The molecule has 1 atom stereocenters. The Kier molecular flexibility index (Phi) is 4.52. The summed E-state index contributed by atoms with van der Waals surface area (Å²) in [7, 11) is 5.55. The van der Waals surface area contributed by atoms with E-state index in [9.17, 15) is 0 Å². The highest BCUT2D eigenvalue weighted by molar-refractivity contribution is 5.75. The number of methoxy groups -OCH3 is 1. The first-order valence-electron chi connectivity index (χ1n) is 9.80. The number of fused-ring (bicyclic) bond motifs is 1. The van der Waals surface area contributed by atoms with Gasteiger partial charge in [-0.2, -0.15) is 10.2 Å². The quantitative estimate of drug-likeness (QED) is 0.492. The molecule has 5 heterocycles. The third kappa shape index (κ3) is 3.13. The van der Waals surface area contributed by atoms with Crippen molar-refractivity contribution in [3.8, 4) is 28.7 Å². The van der Waals surface area contributed by atoms with E-state index < -0.39 is 0 Å². The van der Waals surface area contributed by atoms with Gasteiger partial charge in [0.2, 0.25) is 0 Å². The fraction of sp³-hybridized carbons (Fsp3) is 0.318. The van der Waals surface area contributed by atoms with E-state index in [1.165, 1.54) is 0 Å². The molecule has 0 amide bonds. The van der Waals surface area contributed by atoms with Crippen molar-refractivity contribution in [3.63, 3.8) is 0 Å². The zero-order chi connectivity index (χ0) is 20.7. The minimum Gasteiger partial charge on any atom is -0.494 e. The number of ether oxygens (including phenoxy) is 2. The second-order valence-electron chi connectivity index (χ2n) is 7.42. The van der Waals surface area contributed by atoms with Crippen LogP contribution in [0.4, 0.5) is 0 Å². The van der Waals surface area contributed by atoms with Gasteiger partial charge in [0.05, 0.1) is 37.9 Å². The maximum absolute atomic E-state index is 5.66. The van der Waals surface area contributed by atoms with Crippen LogP contribution in [0.2, 0.25) is 0 Å². The minimum atomic E-state index is 0.341. The van der Waals surface area contributed by atoms with Crippen LogP contribution in [0.25, 0.3) is 16.6 Å². The van der Waals surface area contributed by atoms with Crippen LogP contribution in [0.3, 0.4) is 0 Å². The van der Waals surface area contributed by atoms with Crippen LogP contribution in [0.5, 0.6) is 5.75 Å². The smallest absolute Gasteiger partial charge is 0.146 e. The first kappa shape index (κ1) is 18.5. The van der Waals surface area contributed by atoms with Crippen molar-refractivity contribution >= 4 is 5.52 Å². The monoisotopic (exact) mass is 402 g/mol. The number of rotatable bonds is 3. The first-order chi connectivity index (χ1) is 14.6. The third-order valence-corrected chi connectivity index (χ3v) is 5.48. The molecule has 1 aliphatic rings. The van der Waals surface area contributed by atoms with E-state index in [0.717, 1.165) is 53.4 Å². The summed E-state index contributed by atoms with van der Waals surface area (Å²) < 4.78 is 16.8. The molecule has 4 aromatic heterocycles. The highest BCUT2D eigenvalue weighted by atomic mass is 16.5. The van der Waals surface area contributed by atoms with Gasteiger partial charge < -0.3 is 14.0 Å². The summed E-state index contributed by atoms with van der Waals surface area (Å²) >= 11 is 0. The Labute approximate surface area is 174 Å². The van der Waals surface area contributed by atoms with Crippen LogP contribution >= 0.6 is 0 Å². The van der Waals surface area contributed by atoms with Crippen molar-refractivity contribution in [2.45, 2.75) is 12.3 Å². The lowest BCUT2D eigenvalue weighted by Gasteiger charge is -2.07. The van der Waals surface area contributed by atoms with E-state index in [0.29, 0.717) is 11.7 Å². The van der Waals surface area contributed by atoms with Gasteiger partial charge in [0, 0.05) is 50.1 Å². The van der Waals surface area contributed by atoms with Crippen molar-refractivity contribution in [3.05, 3.63) is 54.1 Å². The van der Waals surface area contributed by atoms with Gasteiger partial charge in [-0.1, -0.05) is 5.92 Å². The van der Waals surface area contributed by atoms with Crippen molar-refractivity contribution in [1.82, 2.24) is 28.9 Å². The van der Waals surface area contributed by atoms with Crippen LogP contribution in [0, 0.1) is 11.8 Å². The van der Waals surface area contributed by atoms with E-state index in [-0.39, 0.29) is 0 Å². The fourth-order valence-corrected chi connectivity index (χ4v) is 3.85. The van der Waals surface area contributed by atoms with E-state index in [1.54, 1.807) is 22.5 Å². The van der Waals surface area contributed by atoms with Gasteiger partial charge in [0.25, 0.3) is 0 Å². The largest absolute Gasteiger partial charge is 0.494 e. The zero-order valence-corrected chi connectivity index (χ0v) is 17.2. The van der Waals surface area contributed by atoms with Crippen LogP contribution in [0.15, 0.2) is 37.1 Å². The minimum absolute atomic E-state index is 0.341. The molecule has 1 saturated heterocycles. The normalized spacial score (nSPS) is 16.0. The number of aryl methyl sites for hydroxylation is 1. The summed E-state index contributed by atoms with van der Waals surface area (Å²) in [4.78, 5) is 4.57. The molecular weight excluding hydrogens is 380 g/mol. The zero-order valence-electron chi connectivity index (χ0n) is 17.2. The number of pyridine rings is 1. The van der Waals surface area contributed by atoms with Crippen molar-refractivity contribution < 1.29 is 9.47 Å². The summed E-state index contributed by atoms with van der Waals surface area (Å²) in [6.45, 7) is 1.52. The molecule has 0 aliphatic carbocycles. The van der Waals surface area contributed by atoms with Gasteiger partial charge in [-0.15, -0.1) is 0 Å². The molecule has 0 saturated carbocycles. The average molecular weight is 402 g/mol. The van der Waals surface area contributed by atoms with Crippen molar-refractivity contribution in [1.29, 1.82) is 0 Å². The number of aromatic nitrogens is 6. The molecule has 0 N–H and O–H groups in total. The second-order valence-corrected chi connectivity index (χ2v) is 7.42. The first-order valence-corrected chi connectivity index (χ1v) is 9.80. The van der Waals surface area contributed by atoms with Gasteiger partial charge in [0.1, 0.15) is 22.8 Å². The lowest BCUT2D eigenvalue weighted by Crippen LogP contribution is -2.07. The molecule has 30 heavy (non-hydrogen) atoms. The van der Waals surface area contributed by atoms with Crippen molar-refractivity contribution in [2.75, 3.05) is 20.3 Å². The Balaban J connectivity index is 1.52. The molecule has 8 nitrogen and oxygen atoms in total. The maximum Gasteiger partial charge on any atom is 0.146 e. The van der Waals surface area contributed by atoms with Crippen LogP contribution in [0.1, 0.15) is 29.4 Å². The van der Waals surface area contributed by atoms with Gasteiger partial charge in [-0.25, -0.2) is 9.50 Å². The molecule has 0 spiro atoms. The Bertz CT molecular complexity index is 1280. The fourth-order valence-electron chi connectivity index (χ4n) is 3.85. The van der Waals surface area contributed by atoms with Gasteiger partial charge >= 0.3 is 0 Å². The van der Waals surface area contributed by atoms with Crippen LogP contribution in [-0.2, 0) is 18.8 Å². The molecule has 0 radical (unpaired) electrons. The van der Waals surface area contributed by atoms with Crippen LogP contribution in [-0.4, -0.2) is 49.3 Å². The Morgan fingerprint density at radius 2 is 2.00 bits per heavy atom. The SMILES string of the molecule is COc1cc(-c2cnn(C)c2)cn2ncc(C#Cc3cnc(C4CCOC4)n3C)c12. The van der Waals surface area contributed by atoms with Crippen LogP contribution < -0.4 is 4.74 Å².